The Bertz CT molecular complexity index is 320. The molecule has 5 heteroatoms. The molecule has 1 amide bonds. The van der Waals surface area contributed by atoms with E-state index in [1.54, 1.807) is 0 Å². The SMILES string of the molecule is CCCC1(C(=O)NC(C)CCCC(=O)O)CCNCC1. The van der Waals surface area contributed by atoms with E-state index in [4.69, 9.17) is 5.11 Å². The summed E-state index contributed by atoms with van der Waals surface area (Å²) < 4.78 is 0. The second-order valence-electron chi connectivity index (χ2n) is 5.94. The van der Waals surface area contributed by atoms with Gasteiger partial charge in [0, 0.05) is 12.5 Å². The third-order valence-electron chi connectivity index (χ3n) is 4.18. The molecule has 0 saturated carbocycles. The summed E-state index contributed by atoms with van der Waals surface area (Å²) in [5.41, 5.74) is -0.221. The number of piperidine rings is 1. The third-order valence-corrected chi connectivity index (χ3v) is 4.18. The average Bonchev–Trinajstić information content (AvgIpc) is 2.39. The van der Waals surface area contributed by atoms with Gasteiger partial charge in [0.15, 0.2) is 0 Å². The molecule has 0 bridgehead atoms. The van der Waals surface area contributed by atoms with Crippen LogP contribution in [0.1, 0.15) is 58.8 Å². The molecular formula is C15H28N2O3. The number of aliphatic carboxylic acids is 1. The smallest absolute Gasteiger partial charge is 0.303 e. The van der Waals surface area contributed by atoms with Crippen molar-refractivity contribution in [2.75, 3.05) is 13.1 Å². The summed E-state index contributed by atoms with van der Waals surface area (Å²) >= 11 is 0. The van der Waals surface area contributed by atoms with Crippen LogP contribution in [-0.2, 0) is 9.59 Å². The highest BCUT2D eigenvalue weighted by atomic mass is 16.4. The standard InChI is InChI=1S/C15H28N2O3/c1-3-7-15(8-10-16-11-9-15)14(20)17-12(2)5-4-6-13(18)19/h12,16H,3-11H2,1-2H3,(H,17,20)(H,18,19). The van der Waals surface area contributed by atoms with Gasteiger partial charge in [-0.3, -0.25) is 9.59 Å². The quantitative estimate of drug-likeness (QED) is 0.636. The zero-order valence-corrected chi connectivity index (χ0v) is 12.7. The zero-order chi connectivity index (χ0) is 15.0. The van der Waals surface area contributed by atoms with E-state index in [0.29, 0.717) is 6.42 Å². The molecular weight excluding hydrogens is 256 g/mol. The summed E-state index contributed by atoms with van der Waals surface area (Å²) in [4.78, 5) is 23.1. The van der Waals surface area contributed by atoms with Crippen molar-refractivity contribution in [1.82, 2.24) is 10.6 Å². The van der Waals surface area contributed by atoms with Crippen molar-refractivity contribution in [1.29, 1.82) is 0 Å². The summed E-state index contributed by atoms with van der Waals surface area (Å²) in [6, 6.07) is 0.0467. The first-order valence-electron chi connectivity index (χ1n) is 7.73. The van der Waals surface area contributed by atoms with Gasteiger partial charge in [0.05, 0.1) is 5.41 Å². The molecule has 1 aliphatic heterocycles. The van der Waals surface area contributed by atoms with Crippen LogP contribution in [0, 0.1) is 5.41 Å². The van der Waals surface area contributed by atoms with Crippen LogP contribution < -0.4 is 10.6 Å². The Balaban J connectivity index is 2.46. The average molecular weight is 284 g/mol. The molecule has 116 valence electrons. The van der Waals surface area contributed by atoms with Crippen LogP contribution in [-0.4, -0.2) is 36.1 Å². The Morgan fingerprint density at radius 1 is 1.35 bits per heavy atom. The van der Waals surface area contributed by atoms with Crippen LogP contribution in [0.15, 0.2) is 0 Å². The molecule has 0 aromatic rings. The third kappa shape index (κ3) is 5.12. The minimum Gasteiger partial charge on any atom is -0.481 e. The van der Waals surface area contributed by atoms with Gasteiger partial charge in [0.1, 0.15) is 0 Å². The molecule has 3 N–H and O–H groups in total. The molecule has 1 heterocycles. The predicted octanol–water partition coefficient (Wildman–Crippen LogP) is 1.92. The van der Waals surface area contributed by atoms with Gasteiger partial charge in [-0.05, 0) is 52.1 Å². The Labute approximate surface area is 121 Å². The highest BCUT2D eigenvalue weighted by Gasteiger charge is 2.38. The van der Waals surface area contributed by atoms with Crippen LogP contribution in [0.25, 0.3) is 0 Å². The molecule has 1 aliphatic rings. The van der Waals surface area contributed by atoms with Crippen LogP contribution in [0.2, 0.25) is 0 Å². The molecule has 0 spiro atoms. The van der Waals surface area contributed by atoms with Crippen molar-refractivity contribution in [3.05, 3.63) is 0 Å². The molecule has 0 radical (unpaired) electrons. The minimum absolute atomic E-state index is 0.0467. The summed E-state index contributed by atoms with van der Waals surface area (Å²) in [6.45, 7) is 5.88. The summed E-state index contributed by atoms with van der Waals surface area (Å²) in [6.07, 6.45) is 5.24. The first-order valence-corrected chi connectivity index (χ1v) is 7.73. The number of hydrogen-bond acceptors (Lipinski definition) is 3. The van der Waals surface area contributed by atoms with Crippen molar-refractivity contribution >= 4 is 11.9 Å². The van der Waals surface area contributed by atoms with Crippen LogP contribution >= 0.6 is 0 Å². The maximum atomic E-state index is 12.6. The molecule has 1 fully saturated rings. The van der Waals surface area contributed by atoms with E-state index in [-0.39, 0.29) is 23.8 Å². The molecule has 0 aromatic heterocycles. The van der Waals surface area contributed by atoms with Gasteiger partial charge < -0.3 is 15.7 Å². The van der Waals surface area contributed by atoms with E-state index in [9.17, 15) is 9.59 Å². The van der Waals surface area contributed by atoms with Crippen LogP contribution in [0.5, 0.6) is 0 Å². The number of hydrogen-bond donors (Lipinski definition) is 3. The van der Waals surface area contributed by atoms with Crippen LogP contribution in [0.3, 0.4) is 0 Å². The van der Waals surface area contributed by atoms with Crippen molar-refractivity contribution in [2.24, 2.45) is 5.41 Å². The van der Waals surface area contributed by atoms with Gasteiger partial charge in [-0.1, -0.05) is 13.3 Å². The minimum atomic E-state index is -0.774. The Hall–Kier alpha value is -1.10. The first-order chi connectivity index (χ1) is 9.50. The second-order valence-corrected chi connectivity index (χ2v) is 5.94. The number of carbonyl (C=O) groups excluding carboxylic acids is 1. The van der Waals surface area contributed by atoms with Gasteiger partial charge >= 0.3 is 5.97 Å². The van der Waals surface area contributed by atoms with Crippen molar-refractivity contribution in [2.45, 2.75) is 64.8 Å². The Morgan fingerprint density at radius 2 is 2.00 bits per heavy atom. The first kappa shape index (κ1) is 17.0. The summed E-state index contributed by atoms with van der Waals surface area (Å²) in [5.74, 6) is -0.618. The van der Waals surface area contributed by atoms with Gasteiger partial charge in [-0.2, -0.15) is 0 Å². The zero-order valence-electron chi connectivity index (χ0n) is 12.7. The lowest BCUT2D eigenvalue weighted by Crippen LogP contribution is -2.49. The number of carbonyl (C=O) groups is 2. The van der Waals surface area contributed by atoms with Gasteiger partial charge in [-0.25, -0.2) is 0 Å². The topological polar surface area (TPSA) is 78.4 Å². The fraction of sp³-hybridized carbons (Fsp3) is 0.867. The fourth-order valence-electron chi connectivity index (χ4n) is 2.98. The normalized spacial score (nSPS) is 19.3. The van der Waals surface area contributed by atoms with Crippen molar-refractivity contribution < 1.29 is 14.7 Å². The van der Waals surface area contributed by atoms with E-state index in [2.05, 4.69) is 17.6 Å². The van der Waals surface area contributed by atoms with Crippen LogP contribution in [0.4, 0.5) is 0 Å². The summed E-state index contributed by atoms with van der Waals surface area (Å²) in [7, 11) is 0. The molecule has 20 heavy (non-hydrogen) atoms. The number of nitrogens with one attached hydrogen (secondary N) is 2. The maximum Gasteiger partial charge on any atom is 0.303 e. The van der Waals surface area contributed by atoms with E-state index in [0.717, 1.165) is 45.2 Å². The van der Waals surface area contributed by atoms with E-state index in [1.807, 2.05) is 6.92 Å². The van der Waals surface area contributed by atoms with Crippen molar-refractivity contribution in [3.8, 4) is 0 Å². The monoisotopic (exact) mass is 284 g/mol. The number of amides is 1. The highest BCUT2D eigenvalue weighted by molar-refractivity contribution is 5.83. The Morgan fingerprint density at radius 3 is 2.55 bits per heavy atom. The molecule has 1 unspecified atom stereocenters. The molecule has 1 atom stereocenters. The fourth-order valence-corrected chi connectivity index (χ4v) is 2.98. The van der Waals surface area contributed by atoms with Gasteiger partial charge in [0.2, 0.25) is 5.91 Å². The number of carboxylic acids is 1. The molecule has 5 nitrogen and oxygen atoms in total. The van der Waals surface area contributed by atoms with Crippen molar-refractivity contribution in [3.63, 3.8) is 0 Å². The lowest BCUT2D eigenvalue weighted by atomic mass is 9.74. The highest BCUT2D eigenvalue weighted by Crippen LogP contribution is 2.34. The summed E-state index contributed by atoms with van der Waals surface area (Å²) in [5, 5.41) is 15.0. The maximum absolute atomic E-state index is 12.6. The molecule has 0 aliphatic carbocycles. The molecule has 0 aromatic carbocycles. The van der Waals surface area contributed by atoms with Gasteiger partial charge in [-0.15, -0.1) is 0 Å². The lowest BCUT2D eigenvalue weighted by Gasteiger charge is -2.37. The largest absolute Gasteiger partial charge is 0.481 e. The lowest BCUT2D eigenvalue weighted by molar-refractivity contribution is -0.137. The molecule has 1 saturated heterocycles. The Kier molecular flexibility index (Phi) is 6.99. The molecule has 1 rings (SSSR count). The van der Waals surface area contributed by atoms with E-state index < -0.39 is 5.97 Å². The van der Waals surface area contributed by atoms with Gasteiger partial charge in [0.25, 0.3) is 0 Å². The van der Waals surface area contributed by atoms with E-state index in [1.165, 1.54) is 0 Å². The van der Waals surface area contributed by atoms with E-state index >= 15 is 0 Å². The predicted molar refractivity (Wildman–Crippen MR) is 78.5 cm³/mol. The number of carboxylic acid groups (broad SMARTS) is 1. The second kappa shape index (κ2) is 8.25. The number of rotatable bonds is 8.